The number of carbonyl (C=O) groups is 2. The van der Waals surface area contributed by atoms with Gasteiger partial charge in [0.15, 0.2) is 0 Å². The van der Waals surface area contributed by atoms with E-state index in [2.05, 4.69) is 4.74 Å². The van der Waals surface area contributed by atoms with E-state index in [1.165, 1.54) is 7.11 Å². The van der Waals surface area contributed by atoms with Crippen LogP contribution in [0.1, 0.15) is 26.2 Å². The maximum atomic E-state index is 11.2. The predicted octanol–water partition coefficient (Wildman–Crippen LogP) is 0.697. The number of rotatable bonds is 6. The summed E-state index contributed by atoms with van der Waals surface area (Å²) >= 11 is 0. The third-order valence-corrected chi connectivity index (χ3v) is 2.61. The van der Waals surface area contributed by atoms with Crippen LogP contribution in [-0.4, -0.2) is 44.5 Å². The van der Waals surface area contributed by atoms with Crippen molar-refractivity contribution in [3.63, 3.8) is 0 Å². The molecule has 0 aromatic rings. The molecule has 0 unspecified atom stereocenters. The van der Waals surface area contributed by atoms with Gasteiger partial charge in [-0.1, -0.05) is 19.8 Å². The zero-order valence-electron chi connectivity index (χ0n) is 10.1. The molecule has 0 heterocycles. The largest absolute Gasteiger partial charge is 0.520 e. The molecule has 0 N–H and O–H groups in total. The highest BCUT2D eigenvalue weighted by molar-refractivity contribution is 6.53. The van der Waals surface area contributed by atoms with Gasteiger partial charge in [0.2, 0.25) is 0 Å². The first-order valence-electron chi connectivity index (χ1n) is 5.55. The summed E-state index contributed by atoms with van der Waals surface area (Å²) in [6.07, 6.45) is 2.45. The van der Waals surface area contributed by atoms with E-state index in [1.807, 2.05) is 0 Å². The van der Waals surface area contributed by atoms with E-state index in [-0.39, 0.29) is 25.5 Å². The molecule has 0 atom stereocenters. The first kappa shape index (κ1) is 13.0. The van der Waals surface area contributed by atoms with Crippen molar-refractivity contribution < 1.29 is 19.0 Å². The molecule has 0 spiro atoms. The number of hydrogen-bond donors (Lipinski definition) is 0. The Morgan fingerprint density at radius 1 is 1.38 bits per heavy atom. The predicted molar refractivity (Wildman–Crippen MR) is 59.8 cm³/mol. The number of nitrogens with zero attached hydrogens (tertiary/aromatic N) is 1. The second-order valence-electron chi connectivity index (χ2n) is 4.06. The van der Waals surface area contributed by atoms with Crippen LogP contribution >= 0.6 is 0 Å². The van der Waals surface area contributed by atoms with Crippen LogP contribution < -0.4 is 0 Å². The summed E-state index contributed by atoms with van der Waals surface area (Å²) in [7, 11) is 2.83. The van der Waals surface area contributed by atoms with Crippen molar-refractivity contribution >= 4 is 19.0 Å². The van der Waals surface area contributed by atoms with Gasteiger partial charge in [0.05, 0.1) is 13.7 Å². The first-order chi connectivity index (χ1) is 7.58. The quantitative estimate of drug-likeness (QED) is 0.493. The summed E-state index contributed by atoms with van der Waals surface area (Å²) in [4.78, 5) is 24.1. The summed E-state index contributed by atoms with van der Waals surface area (Å²) in [5.74, 6) is -0.181. The first-order valence-corrected chi connectivity index (χ1v) is 5.55. The van der Waals surface area contributed by atoms with Crippen molar-refractivity contribution in [2.24, 2.45) is 0 Å². The molecule has 0 saturated heterocycles. The Labute approximate surface area is 96.2 Å². The fourth-order valence-corrected chi connectivity index (χ4v) is 1.50. The van der Waals surface area contributed by atoms with E-state index < -0.39 is 0 Å². The molecule has 0 aromatic carbocycles. The molecule has 1 aliphatic carbocycles. The van der Waals surface area contributed by atoms with Crippen molar-refractivity contribution in [3.05, 3.63) is 0 Å². The van der Waals surface area contributed by atoms with Crippen LogP contribution in [0.4, 0.5) is 0 Å². The lowest BCUT2D eigenvalue weighted by Gasteiger charge is -2.22. The van der Waals surface area contributed by atoms with Crippen molar-refractivity contribution in [2.45, 2.75) is 32.0 Å². The van der Waals surface area contributed by atoms with Crippen LogP contribution in [0, 0.1) is 0 Å². The SMILES string of the molecule is CCC(=O)OB(C1CC1)N(C)CC(=O)OC. The minimum absolute atomic E-state index is 0.147. The third-order valence-electron chi connectivity index (χ3n) is 2.61. The van der Waals surface area contributed by atoms with Gasteiger partial charge in [-0.15, -0.1) is 0 Å². The summed E-state index contributed by atoms with van der Waals surface area (Å²) in [5, 5.41) is 0. The van der Waals surface area contributed by atoms with Crippen molar-refractivity contribution in [3.8, 4) is 0 Å². The fourth-order valence-electron chi connectivity index (χ4n) is 1.50. The highest BCUT2D eigenvalue weighted by Gasteiger charge is 2.43. The lowest BCUT2D eigenvalue weighted by atomic mass is 9.73. The van der Waals surface area contributed by atoms with Crippen LogP contribution in [0.2, 0.25) is 5.82 Å². The summed E-state index contributed by atoms with van der Waals surface area (Å²) in [6, 6.07) is 0. The van der Waals surface area contributed by atoms with Crippen molar-refractivity contribution in [1.29, 1.82) is 0 Å². The summed E-state index contributed by atoms with van der Waals surface area (Å²) in [5.41, 5.74) is 0. The van der Waals surface area contributed by atoms with Crippen molar-refractivity contribution in [2.75, 3.05) is 20.7 Å². The molecular formula is C10H18BNO4. The fraction of sp³-hybridized carbons (Fsp3) is 0.800. The summed E-state index contributed by atoms with van der Waals surface area (Å²) in [6.45, 7) is 1.90. The van der Waals surface area contributed by atoms with Gasteiger partial charge < -0.3 is 9.39 Å². The number of hydrogen-bond acceptors (Lipinski definition) is 5. The van der Waals surface area contributed by atoms with E-state index in [0.717, 1.165) is 12.8 Å². The Morgan fingerprint density at radius 2 is 2.00 bits per heavy atom. The standard InChI is InChI=1S/C10H18BNO4/c1-4-9(13)16-11(8-5-6-8)12(2)7-10(14)15-3/h8H,4-7H2,1-3H3. The monoisotopic (exact) mass is 227 g/mol. The molecule has 0 amide bonds. The van der Waals surface area contributed by atoms with Crippen LogP contribution in [0.15, 0.2) is 0 Å². The maximum Gasteiger partial charge on any atom is 0.454 e. The molecule has 0 bridgehead atoms. The Balaban J connectivity index is 2.48. The van der Waals surface area contributed by atoms with E-state index in [1.54, 1.807) is 18.8 Å². The highest BCUT2D eigenvalue weighted by Crippen LogP contribution is 2.40. The van der Waals surface area contributed by atoms with Gasteiger partial charge in [0.25, 0.3) is 5.97 Å². The van der Waals surface area contributed by atoms with Crippen LogP contribution in [-0.2, 0) is 19.0 Å². The average Bonchev–Trinajstić information content (AvgIpc) is 3.08. The molecule has 0 radical (unpaired) electrons. The van der Waals surface area contributed by atoms with Gasteiger partial charge in [-0.05, 0) is 12.9 Å². The second-order valence-corrected chi connectivity index (χ2v) is 4.06. The smallest absolute Gasteiger partial charge is 0.454 e. The number of likely N-dealkylation sites (N-methyl/N-ethyl adjacent to an activating group) is 1. The molecule has 1 aliphatic rings. The Kier molecular flexibility index (Phi) is 4.80. The van der Waals surface area contributed by atoms with Gasteiger partial charge in [-0.2, -0.15) is 0 Å². The van der Waals surface area contributed by atoms with Crippen LogP contribution in [0.3, 0.4) is 0 Å². The summed E-state index contributed by atoms with van der Waals surface area (Å²) < 4.78 is 9.89. The van der Waals surface area contributed by atoms with Gasteiger partial charge >= 0.3 is 13.0 Å². The molecule has 1 fully saturated rings. The lowest BCUT2D eigenvalue weighted by molar-refractivity contribution is -0.141. The zero-order chi connectivity index (χ0) is 12.1. The molecular weight excluding hydrogens is 209 g/mol. The lowest BCUT2D eigenvalue weighted by Crippen LogP contribution is -2.43. The van der Waals surface area contributed by atoms with E-state index in [9.17, 15) is 9.59 Å². The Bertz CT molecular complexity index is 268. The highest BCUT2D eigenvalue weighted by atomic mass is 16.5. The Hall–Kier alpha value is -1.04. The third kappa shape index (κ3) is 3.85. The maximum absolute atomic E-state index is 11.2. The van der Waals surface area contributed by atoms with Crippen LogP contribution in [0.5, 0.6) is 0 Å². The van der Waals surface area contributed by atoms with Gasteiger partial charge in [-0.3, -0.25) is 14.4 Å². The van der Waals surface area contributed by atoms with E-state index in [0.29, 0.717) is 12.2 Å². The van der Waals surface area contributed by atoms with E-state index >= 15 is 0 Å². The van der Waals surface area contributed by atoms with Gasteiger partial charge in [0, 0.05) is 6.42 Å². The number of esters is 1. The average molecular weight is 227 g/mol. The molecule has 5 nitrogen and oxygen atoms in total. The number of methoxy groups -OCH3 is 1. The molecule has 1 saturated carbocycles. The molecule has 6 heteroatoms. The number of ether oxygens (including phenoxy) is 1. The van der Waals surface area contributed by atoms with E-state index in [4.69, 9.17) is 4.65 Å². The number of carbonyl (C=O) groups excluding carboxylic acids is 2. The molecule has 1 rings (SSSR count). The minimum atomic E-state index is -0.319. The van der Waals surface area contributed by atoms with Crippen LogP contribution in [0.25, 0.3) is 0 Å². The zero-order valence-corrected chi connectivity index (χ0v) is 10.1. The Morgan fingerprint density at radius 3 is 2.44 bits per heavy atom. The van der Waals surface area contributed by atoms with Gasteiger partial charge in [0.1, 0.15) is 0 Å². The molecule has 16 heavy (non-hydrogen) atoms. The van der Waals surface area contributed by atoms with Gasteiger partial charge in [-0.25, -0.2) is 0 Å². The minimum Gasteiger partial charge on any atom is -0.520 e. The van der Waals surface area contributed by atoms with Crippen molar-refractivity contribution in [1.82, 2.24) is 4.81 Å². The second kappa shape index (κ2) is 5.89. The molecule has 90 valence electrons. The molecule has 0 aliphatic heterocycles. The normalized spacial score (nSPS) is 14.8. The topological polar surface area (TPSA) is 55.8 Å². The molecule has 0 aromatic heterocycles.